The molecular weight excluding hydrogens is 315 g/mol. The smallest absolute Gasteiger partial charge is 0.435 e. The van der Waals surface area contributed by atoms with Gasteiger partial charge in [0.25, 0.3) is 0 Å². The van der Waals surface area contributed by atoms with Crippen LogP contribution in [0.2, 0.25) is 0 Å². The van der Waals surface area contributed by atoms with Crippen LogP contribution < -0.4 is 5.32 Å². The third-order valence-corrected chi connectivity index (χ3v) is 3.19. The van der Waals surface area contributed by atoms with Gasteiger partial charge >= 0.3 is 6.18 Å². The van der Waals surface area contributed by atoms with Gasteiger partial charge in [-0.1, -0.05) is 0 Å². The first-order valence-electron chi connectivity index (χ1n) is 6.71. The molecule has 2 N–H and O–H groups in total. The van der Waals surface area contributed by atoms with Gasteiger partial charge in [-0.2, -0.15) is 23.4 Å². The molecule has 0 aromatic carbocycles. The second-order valence-electron chi connectivity index (χ2n) is 5.19. The van der Waals surface area contributed by atoms with E-state index in [0.717, 1.165) is 10.7 Å². The van der Waals surface area contributed by atoms with Crippen molar-refractivity contribution in [3.63, 3.8) is 0 Å². The van der Waals surface area contributed by atoms with Gasteiger partial charge in [-0.25, -0.2) is 0 Å². The van der Waals surface area contributed by atoms with Gasteiger partial charge in [0.15, 0.2) is 11.4 Å². The fourth-order valence-corrected chi connectivity index (χ4v) is 2.10. The lowest BCUT2D eigenvalue weighted by Crippen LogP contribution is -2.31. The lowest BCUT2D eigenvalue weighted by Gasteiger charge is -2.12. The fraction of sp³-hybridized carbons (Fsp3) is 0.462. The number of carbonyl (C=O) groups excluding carboxylic acids is 1. The molecule has 0 fully saturated rings. The summed E-state index contributed by atoms with van der Waals surface area (Å²) >= 11 is 0. The van der Waals surface area contributed by atoms with Crippen molar-refractivity contribution in [3.05, 3.63) is 29.3 Å². The van der Waals surface area contributed by atoms with Crippen LogP contribution in [0.3, 0.4) is 0 Å². The van der Waals surface area contributed by atoms with Crippen LogP contribution in [0.25, 0.3) is 0 Å². The Balaban J connectivity index is 2.05. The number of amides is 1. The second kappa shape index (κ2) is 5.94. The van der Waals surface area contributed by atoms with Gasteiger partial charge in [-0.3, -0.25) is 14.2 Å². The lowest BCUT2D eigenvalue weighted by atomic mass is 10.2. The number of aromatic nitrogens is 4. The molecule has 0 saturated carbocycles. The molecule has 10 heteroatoms. The monoisotopic (exact) mass is 331 g/mol. The molecule has 0 aliphatic rings. The van der Waals surface area contributed by atoms with Gasteiger partial charge in [-0.05, 0) is 19.9 Å². The van der Waals surface area contributed by atoms with Crippen molar-refractivity contribution >= 4 is 5.91 Å². The van der Waals surface area contributed by atoms with E-state index in [1.807, 2.05) is 0 Å². The zero-order valence-electron chi connectivity index (χ0n) is 12.7. The van der Waals surface area contributed by atoms with Crippen molar-refractivity contribution in [1.82, 2.24) is 24.9 Å². The van der Waals surface area contributed by atoms with E-state index in [-0.39, 0.29) is 23.7 Å². The molecular formula is C13H16F3N5O2. The Bertz CT molecular complexity index is 720. The van der Waals surface area contributed by atoms with E-state index in [4.69, 9.17) is 0 Å². The van der Waals surface area contributed by atoms with Gasteiger partial charge in [0.05, 0.1) is 12.2 Å². The Morgan fingerprint density at radius 1 is 1.43 bits per heavy atom. The SMILES string of the molecule is Cc1cc(C(F)(F)F)nn1CC(=O)NC(C)c1nn(C)cc1O. The summed E-state index contributed by atoms with van der Waals surface area (Å²) in [5, 5.41) is 19.6. The first-order valence-corrected chi connectivity index (χ1v) is 6.71. The van der Waals surface area contributed by atoms with E-state index >= 15 is 0 Å². The standard InChI is InChI=1S/C13H16F3N5O2/c1-7-4-10(13(14,15)16)18-21(7)6-11(23)17-8(2)12-9(22)5-20(3)19-12/h4-5,8,22H,6H2,1-3H3,(H,17,23). The van der Waals surface area contributed by atoms with Crippen LogP contribution in [0.5, 0.6) is 5.75 Å². The van der Waals surface area contributed by atoms with Crippen molar-refractivity contribution in [2.45, 2.75) is 32.6 Å². The largest absolute Gasteiger partial charge is 0.504 e. The maximum absolute atomic E-state index is 12.6. The second-order valence-corrected chi connectivity index (χ2v) is 5.19. The predicted molar refractivity (Wildman–Crippen MR) is 73.4 cm³/mol. The van der Waals surface area contributed by atoms with E-state index in [9.17, 15) is 23.1 Å². The highest BCUT2D eigenvalue weighted by Gasteiger charge is 2.34. The minimum Gasteiger partial charge on any atom is -0.504 e. The molecule has 23 heavy (non-hydrogen) atoms. The van der Waals surface area contributed by atoms with E-state index in [1.54, 1.807) is 14.0 Å². The van der Waals surface area contributed by atoms with Crippen molar-refractivity contribution in [2.24, 2.45) is 7.05 Å². The summed E-state index contributed by atoms with van der Waals surface area (Å²) in [5.41, 5.74) is -0.548. The van der Waals surface area contributed by atoms with Crippen LogP contribution in [0, 0.1) is 6.92 Å². The molecule has 0 aliphatic carbocycles. The number of rotatable bonds is 4. The molecule has 0 saturated heterocycles. The highest BCUT2D eigenvalue weighted by Crippen LogP contribution is 2.28. The van der Waals surface area contributed by atoms with Crippen LogP contribution in [0.4, 0.5) is 13.2 Å². The molecule has 1 atom stereocenters. The summed E-state index contributed by atoms with van der Waals surface area (Å²) in [5.74, 6) is -0.614. The van der Waals surface area contributed by atoms with Gasteiger partial charge in [0.2, 0.25) is 5.91 Å². The summed E-state index contributed by atoms with van der Waals surface area (Å²) < 4.78 is 40.1. The first kappa shape index (κ1) is 16.8. The zero-order chi connectivity index (χ0) is 17.4. The lowest BCUT2D eigenvalue weighted by molar-refractivity contribution is -0.141. The Morgan fingerprint density at radius 3 is 2.57 bits per heavy atom. The summed E-state index contributed by atoms with van der Waals surface area (Å²) in [6.07, 6.45) is -3.18. The van der Waals surface area contributed by atoms with Crippen LogP contribution in [0.15, 0.2) is 12.3 Å². The molecule has 2 aromatic heterocycles. The average Bonchev–Trinajstić information content (AvgIpc) is 2.92. The van der Waals surface area contributed by atoms with E-state index in [2.05, 4.69) is 15.5 Å². The molecule has 2 heterocycles. The number of alkyl halides is 3. The summed E-state index contributed by atoms with van der Waals surface area (Å²) in [6, 6.07) is 0.281. The third kappa shape index (κ3) is 3.82. The van der Waals surface area contributed by atoms with E-state index < -0.39 is 23.8 Å². The van der Waals surface area contributed by atoms with Crippen molar-refractivity contribution in [2.75, 3.05) is 0 Å². The van der Waals surface area contributed by atoms with Crippen LogP contribution in [0.1, 0.15) is 30.0 Å². The quantitative estimate of drug-likeness (QED) is 0.890. The number of nitrogens with zero attached hydrogens (tertiary/aromatic N) is 4. The highest BCUT2D eigenvalue weighted by molar-refractivity contribution is 5.76. The number of aromatic hydroxyl groups is 1. The van der Waals surface area contributed by atoms with Gasteiger partial charge < -0.3 is 10.4 Å². The minimum atomic E-state index is -4.56. The minimum absolute atomic E-state index is 0.0741. The fourth-order valence-electron chi connectivity index (χ4n) is 2.10. The summed E-state index contributed by atoms with van der Waals surface area (Å²) in [4.78, 5) is 12.0. The highest BCUT2D eigenvalue weighted by atomic mass is 19.4. The van der Waals surface area contributed by atoms with Crippen LogP contribution in [-0.4, -0.2) is 30.6 Å². The number of nitrogens with one attached hydrogen (secondary N) is 1. The maximum Gasteiger partial charge on any atom is 0.435 e. The first-order chi connectivity index (χ1) is 10.6. The number of hydrogen-bond donors (Lipinski definition) is 2. The molecule has 0 radical (unpaired) electrons. The number of halogens is 3. The topological polar surface area (TPSA) is 85.0 Å². The Hall–Kier alpha value is -2.52. The van der Waals surface area contributed by atoms with E-state index in [0.29, 0.717) is 0 Å². The maximum atomic E-state index is 12.6. The zero-order valence-corrected chi connectivity index (χ0v) is 12.7. The van der Waals surface area contributed by atoms with Crippen molar-refractivity contribution < 1.29 is 23.1 Å². The van der Waals surface area contributed by atoms with Gasteiger partial charge in [0.1, 0.15) is 12.2 Å². The summed E-state index contributed by atoms with van der Waals surface area (Å²) in [6.45, 7) is 2.68. The number of carbonyl (C=O) groups is 1. The molecule has 2 aromatic rings. The third-order valence-electron chi connectivity index (χ3n) is 3.19. The van der Waals surface area contributed by atoms with Gasteiger partial charge in [0, 0.05) is 12.7 Å². The van der Waals surface area contributed by atoms with Crippen LogP contribution in [-0.2, 0) is 24.6 Å². The van der Waals surface area contributed by atoms with E-state index in [1.165, 1.54) is 17.8 Å². The van der Waals surface area contributed by atoms with Gasteiger partial charge in [-0.15, -0.1) is 0 Å². The average molecular weight is 331 g/mol. The number of hydrogen-bond acceptors (Lipinski definition) is 4. The Morgan fingerprint density at radius 2 is 2.09 bits per heavy atom. The Labute approximate surface area is 129 Å². The molecule has 1 unspecified atom stereocenters. The molecule has 0 bridgehead atoms. The molecule has 7 nitrogen and oxygen atoms in total. The molecule has 1 amide bonds. The normalized spacial score (nSPS) is 13.1. The Kier molecular flexibility index (Phi) is 4.35. The molecule has 0 aliphatic heterocycles. The molecule has 0 spiro atoms. The van der Waals surface area contributed by atoms with Crippen LogP contribution >= 0.6 is 0 Å². The van der Waals surface area contributed by atoms with Crippen molar-refractivity contribution in [3.8, 4) is 5.75 Å². The van der Waals surface area contributed by atoms with Crippen molar-refractivity contribution in [1.29, 1.82) is 0 Å². The summed E-state index contributed by atoms with van der Waals surface area (Å²) in [7, 11) is 1.61. The predicted octanol–water partition coefficient (Wildman–Crippen LogP) is 1.53. The molecule has 2 rings (SSSR count). The number of aryl methyl sites for hydroxylation is 2. The molecule has 126 valence electrons.